The third-order valence-electron chi connectivity index (χ3n) is 3.35. The molecule has 0 aromatic heterocycles. The predicted molar refractivity (Wildman–Crippen MR) is 56.0 cm³/mol. The van der Waals surface area contributed by atoms with Crippen molar-refractivity contribution in [2.75, 3.05) is 19.6 Å². The molecule has 1 amide bonds. The fraction of sp³-hybridized carbons (Fsp3) is 0.909. The minimum atomic E-state index is 0.372. The predicted octanol–water partition coefficient (Wildman–Crippen LogP) is 0.997. The Morgan fingerprint density at radius 2 is 2.21 bits per heavy atom. The van der Waals surface area contributed by atoms with E-state index in [9.17, 15) is 4.79 Å². The molecule has 14 heavy (non-hydrogen) atoms. The van der Waals surface area contributed by atoms with Gasteiger partial charge < -0.3 is 10.2 Å². The molecule has 0 bridgehead atoms. The van der Waals surface area contributed by atoms with Gasteiger partial charge in [-0.3, -0.25) is 4.79 Å². The van der Waals surface area contributed by atoms with Crippen molar-refractivity contribution in [3.8, 4) is 0 Å². The molecule has 2 saturated heterocycles. The Labute approximate surface area is 85.8 Å². The maximum Gasteiger partial charge on any atom is 0.222 e. The van der Waals surface area contributed by atoms with Gasteiger partial charge in [0.15, 0.2) is 0 Å². The average Bonchev–Trinajstić information content (AvgIpc) is 2.18. The maximum absolute atomic E-state index is 11.7. The molecule has 2 heterocycles. The molecule has 2 aliphatic heterocycles. The van der Waals surface area contributed by atoms with Crippen LogP contribution in [0.15, 0.2) is 0 Å². The Bertz CT molecular complexity index is 217. The zero-order valence-electron chi connectivity index (χ0n) is 8.96. The van der Waals surface area contributed by atoms with Crippen LogP contribution in [0.1, 0.15) is 32.6 Å². The monoisotopic (exact) mass is 196 g/mol. The van der Waals surface area contributed by atoms with Crippen LogP contribution in [0.5, 0.6) is 0 Å². The molecule has 2 rings (SSSR count). The quantitative estimate of drug-likeness (QED) is 0.678. The highest BCUT2D eigenvalue weighted by atomic mass is 16.2. The van der Waals surface area contributed by atoms with E-state index in [2.05, 4.69) is 17.1 Å². The van der Waals surface area contributed by atoms with Crippen molar-refractivity contribution in [3.63, 3.8) is 0 Å². The number of rotatable bonds is 1. The lowest BCUT2D eigenvalue weighted by molar-refractivity contribution is -0.136. The summed E-state index contributed by atoms with van der Waals surface area (Å²) < 4.78 is 0. The second-order valence-corrected chi connectivity index (χ2v) is 4.70. The van der Waals surface area contributed by atoms with Crippen molar-refractivity contribution in [1.82, 2.24) is 10.2 Å². The smallest absolute Gasteiger partial charge is 0.222 e. The van der Waals surface area contributed by atoms with Crippen LogP contribution in [0.25, 0.3) is 0 Å². The van der Waals surface area contributed by atoms with Crippen LogP contribution in [-0.2, 0) is 4.79 Å². The van der Waals surface area contributed by atoms with E-state index in [1.165, 1.54) is 12.8 Å². The van der Waals surface area contributed by atoms with Crippen LogP contribution < -0.4 is 5.32 Å². The van der Waals surface area contributed by atoms with E-state index in [0.717, 1.165) is 32.5 Å². The van der Waals surface area contributed by atoms with Gasteiger partial charge in [0.05, 0.1) is 0 Å². The Balaban J connectivity index is 1.94. The zero-order valence-corrected chi connectivity index (χ0v) is 8.96. The lowest BCUT2D eigenvalue weighted by Gasteiger charge is -2.39. The number of nitrogens with zero attached hydrogens (tertiary/aromatic N) is 1. The van der Waals surface area contributed by atoms with Gasteiger partial charge in [-0.25, -0.2) is 0 Å². The topological polar surface area (TPSA) is 32.3 Å². The van der Waals surface area contributed by atoms with E-state index < -0.39 is 0 Å². The van der Waals surface area contributed by atoms with Crippen LogP contribution >= 0.6 is 0 Å². The van der Waals surface area contributed by atoms with Crippen LogP contribution in [-0.4, -0.2) is 36.5 Å². The summed E-state index contributed by atoms with van der Waals surface area (Å²) in [4.78, 5) is 13.8. The standard InChI is InChI=1S/C11H20N2O/c1-9-6-10(8-12-7-9)13-5-3-2-4-11(13)14/h9-10,12H,2-8H2,1H3/t9-,10+/m0/s1. The highest BCUT2D eigenvalue weighted by molar-refractivity contribution is 5.77. The van der Waals surface area contributed by atoms with E-state index >= 15 is 0 Å². The number of piperidine rings is 2. The van der Waals surface area contributed by atoms with Crippen molar-refractivity contribution >= 4 is 5.91 Å². The molecule has 0 spiro atoms. The average molecular weight is 196 g/mol. The molecule has 1 N–H and O–H groups in total. The summed E-state index contributed by atoms with van der Waals surface area (Å²) in [5.41, 5.74) is 0. The van der Waals surface area contributed by atoms with E-state index in [1.807, 2.05) is 0 Å². The number of amides is 1. The molecule has 0 aromatic carbocycles. The third kappa shape index (κ3) is 2.08. The van der Waals surface area contributed by atoms with Gasteiger partial charge in [0, 0.05) is 25.6 Å². The first-order valence-electron chi connectivity index (χ1n) is 5.77. The largest absolute Gasteiger partial charge is 0.338 e. The van der Waals surface area contributed by atoms with Gasteiger partial charge in [0.25, 0.3) is 0 Å². The zero-order chi connectivity index (χ0) is 9.97. The van der Waals surface area contributed by atoms with E-state index in [4.69, 9.17) is 0 Å². The van der Waals surface area contributed by atoms with Gasteiger partial charge in [-0.1, -0.05) is 6.92 Å². The lowest BCUT2D eigenvalue weighted by atomic mass is 9.95. The second-order valence-electron chi connectivity index (χ2n) is 4.70. The second kappa shape index (κ2) is 4.30. The minimum absolute atomic E-state index is 0.372. The molecule has 80 valence electrons. The SMILES string of the molecule is C[C@@H]1CNC[C@H](N2CCCCC2=O)C1. The molecule has 3 nitrogen and oxygen atoms in total. The van der Waals surface area contributed by atoms with Crippen molar-refractivity contribution in [3.05, 3.63) is 0 Å². The molecule has 2 atom stereocenters. The lowest BCUT2D eigenvalue weighted by Crippen LogP contribution is -2.52. The molecular weight excluding hydrogens is 176 g/mol. The Morgan fingerprint density at radius 3 is 2.93 bits per heavy atom. The highest BCUT2D eigenvalue weighted by Crippen LogP contribution is 2.20. The first-order valence-corrected chi connectivity index (χ1v) is 5.77. The van der Waals surface area contributed by atoms with Crippen molar-refractivity contribution < 1.29 is 4.79 Å². The molecule has 0 radical (unpaired) electrons. The summed E-state index contributed by atoms with van der Waals surface area (Å²) in [5.74, 6) is 1.08. The van der Waals surface area contributed by atoms with Gasteiger partial charge in [-0.15, -0.1) is 0 Å². The maximum atomic E-state index is 11.7. The number of carbonyl (C=O) groups is 1. The fourth-order valence-corrected chi connectivity index (χ4v) is 2.58. The number of likely N-dealkylation sites (tertiary alicyclic amines) is 1. The number of carbonyl (C=O) groups excluding carboxylic acids is 1. The highest BCUT2D eigenvalue weighted by Gasteiger charge is 2.29. The summed E-state index contributed by atoms with van der Waals surface area (Å²) in [6, 6.07) is 0.464. The molecular formula is C11H20N2O. The molecule has 3 heteroatoms. The summed E-state index contributed by atoms with van der Waals surface area (Å²) in [6.07, 6.45) is 4.23. The molecule has 0 aliphatic carbocycles. The van der Waals surface area contributed by atoms with Gasteiger partial charge in [0.2, 0.25) is 5.91 Å². The van der Waals surface area contributed by atoms with E-state index in [1.54, 1.807) is 0 Å². The van der Waals surface area contributed by atoms with Gasteiger partial charge >= 0.3 is 0 Å². The number of hydrogen-bond donors (Lipinski definition) is 1. The summed E-state index contributed by atoms with van der Waals surface area (Å²) >= 11 is 0. The summed E-state index contributed by atoms with van der Waals surface area (Å²) in [5, 5.41) is 3.41. The molecule has 0 aromatic rings. The van der Waals surface area contributed by atoms with E-state index in [0.29, 0.717) is 17.9 Å². The van der Waals surface area contributed by atoms with Crippen LogP contribution in [0.4, 0.5) is 0 Å². The number of hydrogen-bond acceptors (Lipinski definition) is 2. The Morgan fingerprint density at radius 1 is 1.36 bits per heavy atom. The van der Waals surface area contributed by atoms with Gasteiger partial charge in [0.1, 0.15) is 0 Å². The normalized spacial score (nSPS) is 34.6. The molecule has 2 fully saturated rings. The van der Waals surface area contributed by atoms with Crippen molar-refractivity contribution in [2.45, 2.75) is 38.6 Å². The fourth-order valence-electron chi connectivity index (χ4n) is 2.58. The van der Waals surface area contributed by atoms with Crippen LogP contribution in [0, 0.1) is 5.92 Å². The molecule has 0 saturated carbocycles. The first kappa shape index (κ1) is 9.97. The van der Waals surface area contributed by atoms with Gasteiger partial charge in [-0.2, -0.15) is 0 Å². The first-order chi connectivity index (χ1) is 6.77. The Kier molecular flexibility index (Phi) is 3.06. The summed E-state index contributed by atoms with van der Waals surface area (Å²) in [7, 11) is 0. The molecule has 2 aliphatic rings. The third-order valence-corrected chi connectivity index (χ3v) is 3.35. The minimum Gasteiger partial charge on any atom is -0.338 e. The van der Waals surface area contributed by atoms with E-state index in [-0.39, 0.29) is 0 Å². The number of nitrogens with one attached hydrogen (secondary N) is 1. The van der Waals surface area contributed by atoms with Crippen molar-refractivity contribution in [2.24, 2.45) is 5.92 Å². The van der Waals surface area contributed by atoms with Gasteiger partial charge in [-0.05, 0) is 31.7 Å². The van der Waals surface area contributed by atoms with Crippen LogP contribution in [0.2, 0.25) is 0 Å². The Hall–Kier alpha value is -0.570. The summed E-state index contributed by atoms with van der Waals surface area (Å²) in [6.45, 7) is 5.35. The van der Waals surface area contributed by atoms with Crippen LogP contribution in [0.3, 0.4) is 0 Å². The van der Waals surface area contributed by atoms with Crippen molar-refractivity contribution in [1.29, 1.82) is 0 Å². The molecule has 0 unspecified atom stereocenters.